The van der Waals surface area contributed by atoms with Crippen LogP contribution in [0.25, 0.3) is 0 Å². The van der Waals surface area contributed by atoms with E-state index in [1.807, 2.05) is 27.8 Å². The Bertz CT molecular complexity index is 669. The maximum atomic E-state index is 12.0. The molecule has 162 valence electrons. The van der Waals surface area contributed by atoms with Gasteiger partial charge in [0.05, 0.1) is 11.7 Å². The van der Waals surface area contributed by atoms with Crippen LogP contribution in [0.15, 0.2) is 6.33 Å². The number of carbonyl (C=O) groups excluding carboxylic acids is 1. The summed E-state index contributed by atoms with van der Waals surface area (Å²) in [6.45, 7) is 6.91. The number of nitrogens with zero attached hydrogens (tertiary/aromatic N) is 3. The lowest BCUT2D eigenvalue weighted by Crippen LogP contribution is -2.42. The number of piperidine rings is 1. The second kappa shape index (κ2) is 10.1. The lowest BCUT2D eigenvalue weighted by molar-refractivity contribution is 0.0503. The van der Waals surface area contributed by atoms with Gasteiger partial charge in [-0.05, 0) is 53.5 Å². The summed E-state index contributed by atoms with van der Waals surface area (Å²) < 4.78 is 17.6. The van der Waals surface area contributed by atoms with Crippen molar-refractivity contribution >= 4 is 6.09 Å². The number of amides is 1. The van der Waals surface area contributed by atoms with Crippen LogP contribution in [-0.4, -0.2) is 65.5 Å². The molecule has 1 N–H and O–H groups in total. The van der Waals surface area contributed by atoms with Crippen molar-refractivity contribution in [2.45, 2.75) is 83.6 Å². The summed E-state index contributed by atoms with van der Waals surface area (Å²) in [5, 5.41) is 3.34. The third kappa shape index (κ3) is 5.95. The van der Waals surface area contributed by atoms with E-state index in [0.717, 1.165) is 44.1 Å². The zero-order chi connectivity index (χ0) is 20.8. The molecule has 0 bridgehead atoms. The molecule has 2 heterocycles. The first-order chi connectivity index (χ1) is 14.0. The van der Waals surface area contributed by atoms with Crippen molar-refractivity contribution < 1.29 is 19.0 Å². The van der Waals surface area contributed by atoms with Crippen LogP contribution >= 0.6 is 0 Å². The van der Waals surface area contributed by atoms with E-state index in [9.17, 15) is 4.79 Å². The van der Waals surface area contributed by atoms with E-state index in [-0.39, 0.29) is 24.4 Å². The monoisotopic (exact) mass is 406 g/mol. The van der Waals surface area contributed by atoms with E-state index < -0.39 is 0 Å². The molecule has 1 saturated carbocycles. The fraction of sp³-hybridized carbons (Fsp3) is 0.762. The Balaban J connectivity index is 1.52. The van der Waals surface area contributed by atoms with Crippen molar-refractivity contribution in [3.05, 3.63) is 11.9 Å². The molecule has 1 aromatic rings. The highest BCUT2D eigenvalue weighted by Crippen LogP contribution is 2.29. The molecule has 0 radical (unpaired) electrons. The predicted octanol–water partition coefficient (Wildman–Crippen LogP) is 3.08. The third-order valence-electron chi connectivity index (χ3n) is 5.67. The number of nitrogens with one attached hydrogen (secondary N) is 1. The molecule has 0 aromatic carbocycles. The molecule has 1 aliphatic heterocycles. The first-order valence-electron chi connectivity index (χ1n) is 10.7. The highest BCUT2D eigenvalue weighted by atomic mass is 16.6. The first kappa shape index (κ1) is 21.6. The van der Waals surface area contributed by atoms with Crippen molar-refractivity contribution in [1.82, 2.24) is 20.2 Å². The van der Waals surface area contributed by atoms with Gasteiger partial charge in [-0.1, -0.05) is 0 Å². The molecule has 1 saturated heterocycles. The van der Waals surface area contributed by atoms with Gasteiger partial charge in [0.1, 0.15) is 18.5 Å². The van der Waals surface area contributed by atoms with Gasteiger partial charge in [0.25, 0.3) is 0 Å². The lowest BCUT2D eigenvalue weighted by atomic mass is 9.93. The number of rotatable bonds is 6. The van der Waals surface area contributed by atoms with Crippen LogP contribution in [0.4, 0.5) is 4.79 Å². The van der Waals surface area contributed by atoms with Gasteiger partial charge in [0.15, 0.2) is 0 Å². The second-order valence-corrected chi connectivity index (χ2v) is 8.23. The van der Waals surface area contributed by atoms with E-state index in [4.69, 9.17) is 14.2 Å². The zero-order valence-corrected chi connectivity index (χ0v) is 18.0. The third-order valence-corrected chi connectivity index (χ3v) is 5.67. The van der Waals surface area contributed by atoms with Gasteiger partial charge in [-0.2, -0.15) is 0 Å². The fourth-order valence-corrected chi connectivity index (χ4v) is 3.87. The zero-order valence-electron chi connectivity index (χ0n) is 18.0. The van der Waals surface area contributed by atoms with E-state index in [2.05, 4.69) is 15.3 Å². The average molecular weight is 407 g/mol. The van der Waals surface area contributed by atoms with E-state index in [1.165, 1.54) is 6.33 Å². The van der Waals surface area contributed by atoms with Gasteiger partial charge in [0, 0.05) is 32.0 Å². The van der Waals surface area contributed by atoms with Crippen molar-refractivity contribution in [2.24, 2.45) is 0 Å². The van der Waals surface area contributed by atoms with Gasteiger partial charge in [0.2, 0.25) is 11.8 Å². The molecule has 29 heavy (non-hydrogen) atoms. The van der Waals surface area contributed by atoms with E-state index in [1.54, 1.807) is 4.90 Å². The fourth-order valence-electron chi connectivity index (χ4n) is 3.87. The van der Waals surface area contributed by atoms with Gasteiger partial charge < -0.3 is 24.4 Å². The minimum atomic E-state index is -0.250. The van der Waals surface area contributed by atoms with Crippen molar-refractivity contribution in [3.8, 4) is 11.8 Å². The Hall–Kier alpha value is -2.09. The minimum absolute atomic E-state index is 0.0191. The molecule has 0 atom stereocenters. The summed E-state index contributed by atoms with van der Waals surface area (Å²) in [6.07, 6.45) is 7.15. The number of hydrogen-bond acceptors (Lipinski definition) is 7. The number of likely N-dealkylation sites (tertiary alicyclic amines) is 1. The molecule has 8 nitrogen and oxygen atoms in total. The number of aromatic nitrogens is 2. The van der Waals surface area contributed by atoms with Crippen LogP contribution < -0.4 is 14.8 Å². The minimum Gasteiger partial charge on any atom is -0.474 e. The maximum Gasteiger partial charge on any atom is 0.410 e. The summed E-state index contributed by atoms with van der Waals surface area (Å²) in [7, 11) is 2.02. The number of hydrogen-bond donors (Lipinski definition) is 1. The van der Waals surface area contributed by atoms with Gasteiger partial charge in [-0.15, -0.1) is 0 Å². The number of ether oxygens (including phenoxy) is 3. The summed E-state index contributed by atoms with van der Waals surface area (Å²) in [6, 6.07) is 0.587. The molecule has 0 spiro atoms. The van der Waals surface area contributed by atoms with Gasteiger partial charge in [-0.25, -0.2) is 14.8 Å². The predicted molar refractivity (Wildman–Crippen MR) is 109 cm³/mol. The number of carbonyl (C=O) groups is 1. The molecule has 3 rings (SSSR count). The topological polar surface area (TPSA) is 85.8 Å². The smallest absolute Gasteiger partial charge is 0.410 e. The van der Waals surface area contributed by atoms with Crippen molar-refractivity contribution in [2.75, 3.05) is 20.1 Å². The highest BCUT2D eigenvalue weighted by Gasteiger charge is 2.27. The second-order valence-electron chi connectivity index (χ2n) is 8.23. The standard InChI is InChI=1S/C21H34N4O4/c1-14(2)27-21(26)25-11-9-18(10-12-25)29-20-15(3)19(23-13-24-20)28-17-7-5-16(22-4)6-8-17/h13-14,16-18,22H,5-12H2,1-4H3. The largest absolute Gasteiger partial charge is 0.474 e. The molecule has 2 aliphatic rings. The Kier molecular flexibility index (Phi) is 7.52. The van der Waals surface area contributed by atoms with Crippen LogP contribution in [0.1, 0.15) is 57.9 Å². The quantitative estimate of drug-likeness (QED) is 0.777. The molecular weight excluding hydrogens is 372 g/mol. The molecule has 0 unspecified atom stereocenters. The van der Waals surface area contributed by atoms with Gasteiger partial charge >= 0.3 is 6.09 Å². The normalized spacial score (nSPS) is 23.1. The van der Waals surface area contributed by atoms with Crippen molar-refractivity contribution in [1.29, 1.82) is 0 Å². The van der Waals surface area contributed by atoms with Crippen molar-refractivity contribution in [3.63, 3.8) is 0 Å². The Morgan fingerprint density at radius 2 is 1.59 bits per heavy atom. The van der Waals surface area contributed by atoms with E-state index >= 15 is 0 Å². The summed E-state index contributed by atoms with van der Waals surface area (Å²) in [5.41, 5.74) is 0.838. The molecule has 1 amide bonds. The Labute approximate surface area is 173 Å². The van der Waals surface area contributed by atoms with Crippen LogP contribution in [0.3, 0.4) is 0 Å². The molecule has 8 heteroatoms. The average Bonchev–Trinajstić information content (AvgIpc) is 2.71. The molecule has 1 aliphatic carbocycles. The summed E-state index contributed by atoms with van der Waals surface area (Å²) in [4.78, 5) is 22.4. The van der Waals surface area contributed by atoms with Crippen LogP contribution in [0.5, 0.6) is 11.8 Å². The van der Waals surface area contributed by atoms with Gasteiger partial charge in [-0.3, -0.25) is 0 Å². The first-order valence-corrected chi connectivity index (χ1v) is 10.7. The maximum absolute atomic E-state index is 12.0. The molecule has 1 aromatic heterocycles. The Morgan fingerprint density at radius 3 is 2.10 bits per heavy atom. The lowest BCUT2D eigenvalue weighted by Gasteiger charge is -2.32. The summed E-state index contributed by atoms with van der Waals surface area (Å²) in [5.74, 6) is 1.18. The molecular formula is C21H34N4O4. The SMILES string of the molecule is CNC1CCC(Oc2ncnc(OC3CCN(C(=O)OC(C)C)CC3)c2C)CC1. The van der Waals surface area contributed by atoms with Crippen LogP contribution in [0, 0.1) is 6.92 Å². The van der Waals surface area contributed by atoms with E-state index in [0.29, 0.717) is 30.9 Å². The Morgan fingerprint density at radius 1 is 1.03 bits per heavy atom. The summed E-state index contributed by atoms with van der Waals surface area (Å²) >= 11 is 0. The van der Waals surface area contributed by atoms with Crippen LogP contribution in [0.2, 0.25) is 0 Å². The highest BCUT2D eigenvalue weighted by molar-refractivity contribution is 5.67. The van der Waals surface area contributed by atoms with Crippen LogP contribution in [-0.2, 0) is 4.74 Å². The molecule has 2 fully saturated rings.